The van der Waals surface area contributed by atoms with E-state index in [1.807, 2.05) is 23.6 Å². The van der Waals surface area contributed by atoms with Crippen molar-refractivity contribution in [2.75, 3.05) is 0 Å². The normalized spacial score (nSPS) is 9.57. The Morgan fingerprint density at radius 2 is 2.07 bits per heavy atom. The molecule has 0 radical (unpaired) electrons. The summed E-state index contributed by atoms with van der Waals surface area (Å²) in [6, 6.07) is 7.17. The number of thiophene rings is 1. The Kier molecular flexibility index (Phi) is 1.85. The molecule has 0 fully saturated rings. The molecular weight excluding hydrogens is 196 g/mol. The highest BCUT2D eigenvalue weighted by Gasteiger charge is 2.12. The smallest absolute Gasteiger partial charge is 0.152 e. The Bertz CT molecular complexity index is 586. The predicted octanol–water partition coefficient (Wildman–Crippen LogP) is 2.35. The van der Waals surface area contributed by atoms with Gasteiger partial charge in [-0.15, -0.1) is 11.3 Å². The Labute approximate surface area is 84.1 Å². The molecular formula is C10H4N2OS. The Hall–Kier alpha value is -2.04. The zero-order valence-corrected chi connectivity index (χ0v) is 7.80. The SMILES string of the molecule is N#Cc1cc2ccsc2c(C#N)c1O. The van der Waals surface area contributed by atoms with Crippen LogP contribution < -0.4 is 0 Å². The number of nitriles is 2. The van der Waals surface area contributed by atoms with Gasteiger partial charge in [-0.2, -0.15) is 10.5 Å². The lowest BCUT2D eigenvalue weighted by Crippen LogP contribution is -1.82. The molecule has 0 atom stereocenters. The highest BCUT2D eigenvalue weighted by molar-refractivity contribution is 7.17. The third-order valence-electron chi connectivity index (χ3n) is 1.95. The summed E-state index contributed by atoms with van der Waals surface area (Å²) >= 11 is 1.38. The third-order valence-corrected chi connectivity index (χ3v) is 2.89. The van der Waals surface area contributed by atoms with Gasteiger partial charge in [-0.3, -0.25) is 0 Å². The monoisotopic (exact) mass is 200 g/mol. The van der Waals surface area contributed by atoms with Crippen molar-refractivity contribution in [3.8, 4) is 17.9 Å². The van der Waals surface area contributed by atoms with E-state index in [1.165, 1.54) is 11.3 Å². The molecule has 1 N–H and O–H groups in total. The Morgan fingerprint density at radius 3 is 2.71 bits per heavy atom. The fraction of sp³-hybridized carbons (Fsp3) is 0. The van der Waals surface area contributed by atoms with Crippen molar-refractivity contribution in [3.63, 3.8) is 0 Å². The first-order chi connectivity index (χ1) is 6.77. The zero-order valence-electron chi connectivity index (χ0n) is 6.98. The van der Waals surface area contributed by atoms with E-state index in [1.54, 1.807) is 6.07 Å². The van der Waals surface area contributed by atoms with Gasteiger partial charge in [0.1, 0.15) is 17.7 Å². The van der Waals surface area contributed by atoms with Gasteiger partial charge >= 0.3 is 0 Å². The average Bonchev–Trinajstić information content (AvgIpc) is 2.64. The van der Waals surface area contributed by atoms with Gasteiger partial charge in [-0.25, -0.2) is 0 Å². The average molecular weight is 200 g/mol. The number of phenols is 1. The van der Waals surface area contributed by atoms with Crippen LogP contribution in [0.5, 0.6) is 5.75 Å². The van der Waals surface area contributed by atoms with Gasteiger partial charge in [0, 0.05) is 0 Å². The molecule has 1 aromatic carbocycles. The molecule has 1 aromatic heterocycles. The number of phenolic OH excluding ortho intramolecular Hbond substituents is 1. The van der Waals surface area contributed by atoms with Crippen molar-refractivity contribution in [2.45, 2.75) is 0 Å². The van der Waals surface area contributed by atoms with Crippen LogP contribution in [0.15, 0.2) is 17.5 Å². The van der Waals surface area contributed by atoms with E-state index in [0.29, 0.717) is 0 Å². The molecule has 0 saturated carbocycles. The van der Waals surface area contributed by atoms with E-state index in [9.17, 15) is 5.11 Å². The van der Waals surface area contributed by atoms with Crippen LogP contribution in [0.1, 0.15) is 11.1 Å². The maximum absolute atomic E-state index is 9.57. The molecule has 0 saturated heterocycles. The van der Waals surface area contributed by atoms with Gasteiger partial charge in [0.2, 0.25) is 0 Å². The highest BCUT2D eigenvalue weighted by Crippen LogP contribution is 2.33. The summed E-state index contributed by atoms with van der Waals surface area (Å²) in [6.07, 6.45) is 0. The minimum atomic E-state index is -0.218. The molecule has 0 aliphatic carbocycles. The number of benzene rings is 1. The van der Waals surface area contributed by atoms with Crippen LogP contribution >= 0.6 is 11.3 Å². The molecule has 3 nitrogen and oxygen atoms in total. The molecule has 0 unspecified atom stereocenters. The van der Waals surface area contributed by atoms with Crippen molar-refractivity contribution < 1.29 is 5.11 Å². The van der Waals surface area contributed by atoms with E-state index in [2.05, 4.69) is 0 Å². The van der Waals surface area contributed by atoms with Gasteiger partial charge in [-0.1, -0.05) is 0 Å². The van der Waals surface area contributed by atoms with Crippen LogP contribution in [-0.2, 0) is 0 Å². The van der Waals surface area contributed by atoms with Crippen LogP contribution in [0.4, 0.5) is 0 Å². The van der Waals surface area contributed by atoms with Gasteiger partial charge < -0.3 is 5.11 Å². The number of hydrogen-bond acceptors (Lipinski definition) is 4. The molecule has 1 heterocycles. The number of nitrogens with zero attached hydrogens (tertiary/aromatic N) is 2. The molecule has 14 heavy (non-hydrogen) atoms. The van der Waals surface area contributed by atoms with Gasteiger partial charge in [0.05, 0.1) is 10.3 Å². The molecule has 2 rings (SSSR count). The van der Waals surface area contributed by atoms with E-state index in [0.717, 1.165) is 10.1 Å². The first-order valence-corrected chi connectivity index (χ1v) is 4.69. The van der Waals surface area contributed by atoms with Crippen LogP contribution in [0, 0.1) is 22.7 Å². The molecule has 4 heteroatoms. The molecule has 0 aliphatic heterocycles. The summed E-state index contributed by atoms with van der Waals surface area (Å²) in [5.41, 5.74) is 0.335. The fourth-order valence-corrected chi connectivity index (χ4v) is 2.16. The van der Waals surface area contributed by atoms with Crippen molar-refractivity contribution in [3.05, 3.63) is 28.6 Å². The highest BCUT2D eigenvalue weighted by atomic mass is 32.1. The maximum atomic E-state index is 9.57. The Morgan fingerprint density at radius 1 is 1.29 bits per heavy atom. The summed E-state index contributed by atoms with van der Waals surface area (Å²) < 4.78 is 0.726. The zero-order chi connectivity index (χ0) is 10.1. The van der Waals surface area contributed by atoms with Crippen molar-refractivity contribution in [1.82, 2.24) is 0 Å². The van der Waals surface area contributed by atoms with Crippen molar-refractivity contribution >= 4 is 21.4 Å². The summed E-state index contributed by atoms with van der Waals surface area (Å²) in [6.45, 7) is 0. The second-order valence-corrected chi connectivity index (χ2v) is 3.63. The lowest BCUT2D eigenvalue weighted by molar-refractivity contribution is 0.473. The van der Waals surface area contributed by atoms with E-state index >= 15 is 0 Å². The molecule has 0 spiro atoms. The number of aromatic hydroxyl groups is 1. The molecule has 66 valence electrons. The summed E-state index contributed by atoms with van der Waals surface area (Å²) in [5, 5.41) is 29.8. The lowest BCUT2D eigenvalue weighted by atomic mass is 10.1. The third kappa shape index (κ3) is 1.02. The van der Waals surface area contributed by atoms with Crippen molar-refractivity contribution in [2.24, 2.45) is 0 Å². The fourth-order valence-electron chi connectivity index (χ4n) is 1.29. The quantitative estimate of drug-likeness (QED) is 0.709. The summed E-state index contributed by atoms with van der Waals surface area (Å²) in [7, 11) is 0. The first-order valence-electron chi connectivity index (χ1n) is 3.81. The van der Waals surface area contributed by atoms with E-state index < -0.39 is 0 Å². The molecule has 0 amide bonds. The number of rotatable bonds is 0. The second kappa shape index (κ2) is 3.02. The minimum Gasteiger partial charge on any atom is -0.505 e. The van der Waals surface area contributed by atoms with E-state index in [-0.39, 0.29) is 16.9 Å². The lowest BCUT2D eigenvalue weighted by Gasteiger charge is -1.99. The summed E-state index contributed by atoms with van der Waals surface area (Å²) in [5.74, 6) is -0.218. The molecule has 0 aliphatic rings. The largest absolute Gasteiger partial charge is 0.505 e. The second-order valence-electron chi connectivity index (χ2n) is 2.71. The van der Waals surface area contributed by atoms with E-state index in [4.69, 9.17) is 10.5 Å². The first kappa shape index (κ1) is 8.55. The predicted molar refractivity (Wildman–Crippen MR) is 52.9 cm³/mol. The van der Waals surface area contributed by atoms with Gasteiger partial charge in [-0.05, 0) is 22.9 Å². The maximum Gasteiger partial charge on any atom is 0.152 e. The summed E-state index contributed by atoms with van der Waals surface area (Å²) in [4.78, 5) is 0. The molecule has 0 bridgehead atoms. The standard InChI is InChI=1S/C10H4N2OS/c11-4-7-3-6-1-2-14-10(6)8(5-12)9(7)13/h1-3,13H. The minimum absolute atomic E-state index is 0.146. The number of hydrogen-bond donors (Lipinski definition) is 1. The van der Waals surface area contributed by atoms with Crippen LogP contribution in [0.3, 0.4) is 0 Å². The van der Waals surface area contributed by atoms with Gasteiger partial charge in [0.25, 0.3) is 0 Å². The van der Waals surface area contributed by atoms with Crippen LogP contribution in [0.2, 0.25) is 0 Å². The van der Waals surface area contributed by atoms with Crippen LogP contribution in [0.25, 0.3) is 10.1 Å². The van der Waals surface area contributed by atoms with Crippen LogP contribution in [-0.4, -0.2) is 5.11 Å². The molecule has 2 aromatic rings. The topological polar surface area (TPSA) is 67.8 Å². The van der Waals surface area contributed by atoms with Gasteiger partial charge in [0.15, 0.2) is 5.75 Å². The van der Waals surface area contributed by atoms with Crippen molar-refractivity contribution in [1.29, 1.82) is 10.5 Å². The Balaban J connectivity index is 2.98. The number of fused-ring (bicyclic) bond motifs is 1.